The van der Waals surface area contributed by atoms with Crippen LogP contribution in [-0.4, -0.2) is 40.2 Å². The van der Waals surface area contributed by atoms with Crippen LogP contribution in [0.25, 0.3) is 6.08 Å². The van der Waals surface area contributed by atoms with E-state index in [1.165, 1.54) is 0 Å². The molecule has 0 spiro atoms. The van der Waals surface area contributed by atoms with Crippen LogP contribution in [0, 0.1) is 5.41 Å². The predicted molar refractivity (Wildman–Crippen MR) is 95.1 cm³/mol. The fourth-order valence-corrected chi connectivity index (χ4v) is 3.22. The van der Waals surface area contributed by atoms with Crippen molar-refractivity contribution in [1.82, 2.24) is 4.98 Å². The molecule has 0 saturated carbocycles. The molecule has 1 atom stereocenters. The average Bonchev–Trinajstić information content (AvgIpc) is 3.13. The molecular formula is C19H20N2O5. The Kier molecular flexibility index (Phi) is 5.06. The molecule has 1 aromatic carbocycles. The Morgan fingerprint density at radius 3 is 2.69 bits per heavy atom. The Morgan fingerprint density at radius 2 is 2.04 bits per heavy atom. The van der Waals surface area contributed by atoms with Crippen molar-refractivity contribution in [3.8, 4) is 0 Å². The van der Waals surface area contributed by atoms with Gasteiger partial charge < -0.3 is 19.5 Å². The molecule has 1 saturated heterocycles. The zero-order valence-electron chi connectivity index (χ0n) is 14.2. The highest BCUT2D eigenvalue weighted by Crippen LogP contribution is 2.36. The van der Waals surface area contributed by atoms with E-state index in [-0.39, 0.29) is 18.3 Å². The minimum Gasteiger partial charge on any atom is -0.481 e. The lowest BCUT2D eigenvalue weighted by atomic mass is 9.77. The number of benzene rings is 1. The van der Waals surface area contributed by atoms with E-state index < -0.39 is 17.4 Å². The Hall–Kier alpha value is -3.09. The first kappa shape index (κ1) is 17.7. The average molecular weight is 356 g/mol. The summed E-state index contributed by atoms with van der Waals surface area (Å²) in [6, 6.07) is 9.85. The van der Waals surface area contributed by atoms with E-state index in [9.17, 15) is 14.7 Å². The van der Waals surface area contributed by atoms with Crippen molar-refractivity contribution in [3.63, 3.8) is 0 Å². The Morgan fingerprint density at radius 1 is 1.27 bits per heavy atom. The van der Waals surface area contributed by atoms with Gasteiger partial charge in [-0.15, -0.1) is 0 Å². The lowest BCUT2D eigenvalue weighted by Gasteiger charge is -2.38. The van der Waals surface area contributed by atoms with Crippen LogP contribution in [0.3, 0.4) is 0 Å². The van der Waals surface area contributed by atoms with Crippen LogP contribution in [-0.2, 0) is 4.79 Å². The van der Waals surface area contributed by atoms with E-state index >= 15 is 0 Å². The topological polar surface area (TPSA) is 104 Å². The molecule has 1 fully saturated rings. The number of piperidine rings is 1. The monoisotopic (exact) mass is 356 g/mol. The minimum atomic E-state index is -1.17. The predicted octanol–water partition coefficient (Wildman–Crippen LogP) is 3.15. The van der Waals surface area contributed by atoms with Gasteiger partial charge in [0, 0.05) is 13.1 Å². The number of anilines is 1. The van der Waals surface area contributed by atoms with Gasteiger partial charge in [0.25, 0.3) is 6.01 Å². The number of carboxylic acids is 2. The zero-order chi connectivity index (χ0) is 18.6. The summed E-state index contributed by atoms with van der Waals surface area (Å²) in [7, 11) is 0. The van der Waals surface area contributed by atoms with Gasteiger partial charge in [-0.3, -0.25) is 4.79 Å². The highest BCUT2D eigenvalue weighted by atomic mass is 16.4. The van der Waals surface area contributed by atoms with Crippen molar-refractivity contribution in [2.75, 3.05) is 18.0 Å². The number of hydrogen-bond donors (Lipinski definition) is 2. The number of aliphatic carboxylic acids is 1. The summed E-state index contributed by atoms with van der Waals surface area (Å²) in [5, 5.41) is 18.8. The van der Waals surface area contributed by atoms with Crippen LogP contribution in [0.2, 0.25) is 0 Å². The number of oxazole rings is 1. The molecular weight excluding hydrogens is 336 g/mol. The third kappa shape index (κ3) is 3.77. The summed E-state index contributed by atoms with van der Waals surface area (Å²) in [6.07, 6.45) is 6.45. The molecule has 0 aliphatic carbocycles. The van der Waals surface area contributed by atoms with Crippen molar-refractivity contribution in [3.05, 3.63) is 53.9 Å². The van der Waals surface area contributed by atoms with Crippen molar-refractivity contribution in [2.45, 2.75) is 19.3 Å². The molecule has 2 N–H and O–H groups in total. The molecule has 1 unspecified atom stereocenters. The number of hydrogen-bond acceptors (Lipinski definition) is 5. The Balaban J connectivity index is 1.76. The maximum Gasteiger partial charge on any atom is 0.357 e. The summed E-state index contributed by atoms with van der Waals surface area (Å²) in [4.78, 5) is 28.6. The van der Waals surface area contributed by atoms with Crippen LogP contribution < -0.4 is 4.90 Å². The molecule has 2 aromatic rings. The molecule has 26 heavy (non-hydrogen) atoms. The van der Waals surface area contributed by atoms with Gasteiger partial charge in [-0.05, 0) is 24.8 Å². The van der Waals surface area contributed by atoms with Gasteiger partial charge in [-0.1, -0.05) is 42.5 Å². The molecule has 1 aliphatic rings. The largest absolute Gasteiger partial charge is 0.481 e. The van der Waals surface area contributed by atoms with Gasteiger partial charge in [-0.25, -0.2) is 4.79 Å². The van der Waals surface area contributed by atoms with Crippen molar-refractivity contribution in [1.29, 1.82) is 0 Å². The normalized spacial score (nSPS) is 20.4. The number of aromatic nitrogens is 1. The lowest BCUT2D eigenvalue weighted by Crippen LogP contribution is -2.48. The first-order chi connectivity index (χ1) is 12.5. The van der Waals surface area contributed by atoms with Gasteiger partial charge >= 0.3 is 11.9 Å². The third-order valence-electron chi connectivity index (χ3n) is 4.63. The van der Waals surface area contributed by atoms with Crippen LogP contribution in [0.5, 0.6) is 0 Å². The molecule has 1 aliphatic heterocycles. The zero-order valence-corrected chi connectivity index (χ0v) is 14.2. The van der Waals surface area contributed by atoms with E-state index in [0.717, 1.165) is 11.8 Å². The number of nitrogens with zero attached hydrogens (tertiary/aromatic N) is 2. The Labute approximate surface area is 150 Å². The maximum atomic E-state index is 12.0. The standard InChI is InChI=1S/C19H20N2O5/c22-16(23)15-12-26-18(20-15)21-11-5-10-19(13-21,17(24)25)9-4-8-14-6-2-1-3-7-14/h1-4,6-8,12H,5,9-11,13H2,(H,22,23)(H,24,25)/b8-4+. The number of rotatable bonds is 6. The summed E-state index contributed by atoms with van der Waals surface area (Å²) >= 11 is 0. The van der Waals surface area contributed by atoms with E-state index in [0.29, 0.717) is 25.8 Å². The number of allylic oxidation sites excluding steroid dienone is 1. The van der Waals surface area contributed by atoms with Crippen LogP contribution in [0.15, 0.2) is 47.1 Å². The van der Waals surface area contributed by atoms with Crippen molar-refractivity contribution in [2.24, 2.45) is 5.41 Å². The summed E-state index contributed by atoms with van der Waals surface area (Å²) in [5.74, 6) is -2.04. The first-order valence-electron chi connectivity index (χ1n) is 8.39. The molecule has 7 nitrogen and oxygen atoms in total. The van der Waals surface area contributed by atoms with E-state index in [2.05, 4.69) is 4.98 Å². The fourth-order valence-electron chi connectivity index (χ4n) is 3.22. The number of carboxylic acid groups (broad SMARTS) is 2. The highest BCUT2D eigenvalue weighted by Gasteiger charge is 2.42. The molecule has 0 bridgehead atoms. The minimum absolute atomic E-state index is 0.153. The lowest BCUT2D eigenvalue weighted by molar-refractivity contribution is -0.149. The maximum absolute atomic E-state index is 12.0. The highest BCUT2D eigenvalue weighted by molar-refractivity contribution is 5.85. The molecule has 0 amide bonds. The number of aromatic carboxylic acids is 1. The molecule has 3 rings (SSSR count). The molecule has 7 heteroatoms. The van der Waals surface area contributed by atoms with Crippen LogP contribution in [0.4, 0.5) is 6.01 Å². The van der Waals surface area contributed by atoms with Gasteiger partial charge in [0.1, 0.15) is 6.26 Å². The smallest absolute Gasteiger partial charge is 0.357 e. The SMILES string of the molecule is O=C(O)c1coc(N2CCCC(C/C=C/c3ccccc3)(C(=O)O)C2)n1. The second-order valence-corrected chi connectivity index (χ2v) is 6.45. The quantitative estimate of drug-likeness (QED) is 0.819. The van der Waals surface area contributed by atoms with E-state index in [1.807, 2.05) is 42.5 Å². The van der Waals surface area contributed by atoms with Crippen molar-refractivity contribution >= 4 is 24.0 Å². The summed E-state index contributed by atoms with van der Waals surface area (Å²) in [6.45, 7) is 0.804. The van der Waals surface area contributed by atoms with E-state index in [4.69, 9.17) is 9.52 Å². The fraction of sp³-hybridized carbons (Fsp3) is 0.316. The Bertz CT molecular complexity index is 814. The van der Waals surface area contributed by atoms with Crippen LogP contribution >= 0.6 is 0 Å². The van der Waals surface area contributed by atoms with Gasteiger partial charge in [0.15, 0.2) is 5.69 Å². The third-order valence-corrected chi connectivity index (χ3v) is 4.63. The van der Waals surface area contributed by atoms with Crippen molar-refractivity contribution < 1.29 is 24.2 Å². The van der Waals surface area contributed by atoms with E-state index in [1.54, 1.807) is 4.90 Å². The van der Waals surface area contributed by atoms with Gasteiger partial charge in [-0.2, -0.15) is 4.98 Å². The van der Waals surface area contributed by atoms with Gasteiger partial charge in [0.05, 0.1) is 5.41 Å². The second-order valence-electron chi connectivity index (χ2n) is 6.45. The number of carbonyl (C=O) groups is 2. The summed E-state index contributed by atoms with van der Waals surface area (Å²) in [5.41, 5.74) is -0.128. The van der Waals surface area contributed by atoms with Crippen LogP contribution in [0.1, 0.15) is 35.3 Å². The molecule has 136 valence electrons. The molecule has 1 aromatic heterocycles. The molecule has 0 radical (unpaired) electrons. The van der Waals surface area contributed by atoms with Gasteiger partial charge in [0.2, 0.25) is 0 Å². The summed E-state index contributed by atoms with van der Waals surface area (Å²) < 4.78 is 5.24. The molecule has 2 heterocycles. The second kappa shape index (κ2) is 7.43. The first-order valence-corrected chi connectivity index (χ1v) is 8.39.